The van der Waals surface area contributed by atoms with Gasteiger partial charge in [-0.1, -0.05) is 66.7 Å². The van der Waals surface area contributed by atoms with Crippen molar-refractivity contribution in [2.45, 2.75) is 26.1 Å². The first-order valence-corrected chi connectivity index (χ1v) is 15.5. The summed E-state index contributed by atoms with van der Waals surface area (Å²) in [6.45, 7) is 0.471. The Kier molecular flexibility index (Phi) is 10.3. The van der Waals surface area contributed by atoms with E-state index in [9.17, 15) is 18.8 Å². The lowest BCUT2D eigenvalue weighted by Crippen LogP contribution is -2.43. The van der Waals surface area contributed by atoms with Crippen LogP contribution in [0.1, 0.15) is 23.1 Å². The fourth-order valence-electron chi connectivity index (χ4n) is 5.46. The number of nitrogens with one attached hydrogen (secondary N) is 1. The van der Waals surface area contributed by atoms with E-state index in [1.54, 1.807) is 52.6 Å². The number of nitrogens with two attached hydrogens (primary N) is 1. The smallest absolute Gasteiger partial charge is 0.244 e. The lowest BCUT2D eigenvalue weighted by Gasteiger charge is -2.26. The Hall–Kier alpha value is -4.83. The van der Waals surface area contributed by atoms with Gasteiger partial charge in [0.15, 0.2) is 0 Å². The number of rotatable bonds is 9. The second kappa shape index (κ2) is 14.5. The fraction of sp³-hybridized carbons (Fsp3) is 0.139. The Morgan fingerprint density at radius 3 is 2.15 bits per heavy atom. The summed E-state index contributed by atoms with van der Waals surface area (Å²) >= 11 is 1.62. The number of fused-ring (bicyclic) bond motifs is 1. The van der Waals surface area contributed by atoms with Crippen molar-refractivity contribution >= 4 is 58.5 Å². The van der Waals surface area contributed by atoms with Crippen LogP contribution in [-0.4, -0.2) is 17.7 Å². The Labute approximate surface area is 276 Å². The van der Waals surface area contributed by atoms with E-state index in [0.717, 1.165) is 22.3 Å². The molecule has 0 fully saturated rings. The van der Waals surface area contributed by atoms with Crippen molar-refractivity contribution in [1.82, 2.24) is 5.32 Å². The van der Waals surface area contributed by atoms with E-state index in [2.05, 4.69) is 16.8 Å². The molecule has 7 nitrogen and oxygen atoms in total. The summed E-state index contributed by atoms with van der Waals surface area (Å²) in [5.41, 5.74) is 11.7. The molecule has 46 heavy (non-hydrogen) atoms. The van der Waals surface area contributed by atoms with Gasteiger partial charge in [-0.05, 0) is 69.4 Å². The SMILES string of the molecule is Cl.NCc1ccc(N2C(=O)C(CC(=O)NCc3ccccc3F)C(=O)N(Cc3ccc(-c4ccsc4)cc3)c3ccccc32)cc1. The monoisotopic (exact) mass is 654 g/mol. The number of hydrogen-bond donors (Lipinski definition) is 2. The average molecular weight is 655 g/mol. The van der Waals surface area contributed by atoms with E-state index >= 15 is 0 Å². The number of anilines is 3. The molecule has 4 aromatic carbocycles. The molecule has 5 aromatic rings. The van der Waals surface area contributed by atoms with Gasteiger partial charge in [0, 0.05) is 30.8 Å². The van der Waals surface area contributed by atoms with Crippen LogP contribution < -0.4 is 20.9 Å². The number of nitrogens with zero attached hydrogens (tertiary/aromatic N) is 2. The number of benzene rings is 4. The second-order valence-corrected chi connectivity index (χ2v) is 11.6. The molecular formula is C36H32ClFN4O3S. The molecule has 0 bridgehead atoms. The fourth-order valence-corrected chi connectivity index (χ4v) is 6.13. The van der Waals surface area contributed by atoms with Crippen molar-refractivity contribution in [1.29, 1.82) is 0 Å². The molecule has 2 heterocycles. The standard InChI is InChI=1S/C36H31FN4O3S.ClH/c37-31-6-2-1-5-27(31)21-39-34(42)19-30-35(43)40(22-25-9-13-26(14-10-25)28-17-18-45-23-28)32-7-3-4-8-33(32)41(36(30)44)29-15-11-24(20-38)12-16-29;/h1-18,23,30H,19-22,38H2,(H,39,42);1H. The van der Waals surface area contributed by atoms with Crippen molar-refractivity contribution in [2.75, 3.05) is 9.80 Å². The lowest BCUT2D eigenvalue weighted by atomic mass is 10.0. The van der Waals surface area contributed by atoms with Gasteiger partial charge in [-0.2, -0.15) is 11.3 Å². The number of para-hydroxylation sites is 2. The van der Waals surface area contributed by atoms with Crippen LogP contribution in [0, 0.1) is 11.7 Å². The topological polar surface area (TPSA) is 95.7 Å². The van der Waals surface area contributed by atoms with Crippen LogP contribution >= 0.6 is 23.7 Å². The maximum Gasteiger partial charge on any atom is 0.244 e. The largest absolute Gasteiger partial charge is 0.352 e. The van der Waals surface area contributed by atoms with Crippen LogP contribution in [-0.2, 0) is 34.0 Å². The van der Waals surface area contributed by atoms with Gasteiger partial charge in [-0.15, -0.1) is 12.4 Å². The van der Waals surface area contributed by atoms with Gasteiger partial charge in [0.1, 0.15) is 11.7 Å². The summed E-state index contributed by atoms with van der Waals surface area (Å²) in [7, 11) is 0. The normalized spacial score (nSPS) is 14.3. The Morgan fingerprint density at radius 1 is 0.804 bits per heavy atom. The molecule has 0 radical (unpaired) electrons. The van der Waals surface area contributed by atoms with Gasteiger partial charge in [-0.25, -0.2) is 4.39 Å². The molecule has 10 heteroatoms. The van der Waals surface area contributed by atoms with Crippen LogP contribution in [0.5, 0.6) is 0 Å². The molecule has 0 spiro atoms. The highest BCUT2D eigenvalue weighted by atomic mass is 35.5. The van der Waals surface area contributed by atoms with E-state index in [1.165, 1.54) is 11.0 Å². The first-order valence-electron chi connectivity index (χ1n) is 14.6. The van der Waals surface area contributed by atoms with Crippen molar-refractivity contribution < 1.29 is 18.8 Å². The number of halogens is 2. The van der Waals surface area contributed by atoms with Crippen LogP contribution in [0.4, 0.5) is 21.5 Å². The molecule has 3 amide bonds. The van der Waals surface area contributed by atoms with Crippen molar-refractivity contribution in [3.8, 4) is 11.1 Å². The zero-order valence-corrected chi connectivity index (χ0v) is 26.4. The highest BCUT2D eigenvalue weighted by Crippen LogP contribution is 2.40. The molecule has 1 aromatic heterocycles. The molecule has 234 valence electrons. The molecule has 0 aliphatic carbocycles. The van der Waals surface area contributed by atoms with E-state index in [0.29, 0.717) is 29.2 Å². The highest BCUT2D eigenvalue weighted by molar-refractivity contribution is 7.08. The molecule has 1 aliphatic heterocycles. The van der Waals surface area contributed by atoms with Gasteiger partial charge >= 0.3 is 0 Å². The number of thiophene rings is 1. The third-order valence-corrected chi connectivity index (χ3v) is 8.58. The van der Waals surface area contributed by atoms with Crippen molar-refractivity contribution in [3.63, 3.8) is 0 Å². The van der Waals surface area contributed by atoms with E-state index in [1.807, 2.05) is 60.0 Å². The Morgan fingerprint density at radius 2 is 1.48 bits per heavy atom. The molecule has 1 atom stereocenters. The minimum atomic E-state index is -1.32. The van der Waals surface area contributed by atoms with Crippen LogP contribution in [0.15, 0.2) is 114 Å². The number of amides is 3. The molecule has 0 saturated carbocycles. The molecule has 1 aliphatic rings. The third kappa shape index (κ3) is 6.87. The maximum absolute atomic E-state index is 14.3. The summed E-state index contributed by atoms with van der Waals surface area (Å²) in [6.07, 6.45) is -0.398. The van der Waals surface area contributed by atoms with Gasteiger partial charge in [0.05, 0.1) is 17.9 Å². The maximum atomic E-state index is 14.3. The highest BCUT2D eigenvalue weighted by Gasteiger charge is 2.42. The van der Waals surface area contributed by atoms with Crippen molar-refractivity contribution in [2.24, 2.45) is 11.7 Å². The molecular weight excluding hydrogens is 623 g/mol. The number of carbonyl (C=O) groups is 3. The summed E-state index contributed by atoms with van der Waals surface area (Å²) in [5.74, 6) is -3.31. The minimum absolute atomic E-state index is 0. The van der Waals surface area contributed by atoms with Crippen LogP contribution in [0.2, 0.25) is 0 Å². The lowest BCUT2D eigenvalue weighted by molar-refractivity contribution is -0.136. The number of hydrogen-bond acceptors (Lipinski definition) is 5. The second-order valence-electron chi connectivity index (χ2n) is 10.8. The number of carbonyl (C=O) groups excluding carboxylic acids is 3. The molecule has 0 saturated heterocycles. The van der Waals surface area contributed by atoms with E-state index < -0.39 is 35.9 Å². The van der Waals surface area contributed by atoms with Crippen LogP contribution in [0.25, 0.3) is 11.1 Å². The van der Waals surface area contributed by atoms with Gasteiger partial charge < -0.3 is 16.0 Å². The minimum Gasteiger partial charge on any atom is -0.352 e. The zero-order valence-electron chi connectivity index (χ0n) is 24.8. The molecule has 6 rings (SSSR count). The van der Waals surface area contributed by atoms with Gasteiger partial charge in [0.25, 0.3) is 0 Å². The average Bonchev–Trinajstić information content (AvgIpc) is 3.59. The first-order chi connectivity index (χ1) is 21.9. The first kappa shape index (κ1) is 32.6. The van der Waals surface area contributed by atoms with Crippen molar-refractivity contribution in [3.05, 3.63) is 136 Å². The quantitative estimate of drug-likeness (QED) is 0.168. The predicted octanol–water partition coefficient (Wildman–Crippen LogP) is 6.97. The zero-order chi connectivity index (χ0) is 31.3. The molecule has 3 N–H and O–H groups in total. The van der Waals surface area contributed by atoms with Crippen LogP contribution in [0.3, 0.4) is 0 Å². The summed E-state index contributed by atoms with van der Waals surface area (Å²) in [6, 6.07) is 30.6. The predicted molar refractivity (Wildman–Crippen MR) is 182 cm³/mol. The summed E-state index contributed by atoms with van der Waals surface area (Å²) in [5, 5.41) is 6.79. The van der Waals surface area contributed by atoms with E-state index in [4.69, 9.17) is 5.73 Å². The van der Waals surface area contributed by atoms with Gasteiger partial charge in [-0.3, -0.25) is 19.3 Å². The molecule has 1 unspecified atom stereocenters. The Balaban J connectivity index is 0.00000417. The summed E-state index contributed by atoms with van der Waals surface area (Å²) < 4.78 is 14.2. The van der Waals surface area contributed by atoms with Gasteiger partial charge in [0.2, 0.25) is 17.7 Å². The third-order valence-electron chi connectivity index (χ3n) is 7.90. The Bertz CT molecular complexity index is 1830. The summed E-state index contributed by atoms with van der Waals surface area (Å²) in [4.78, 5) is 45.0. The van der Waals surface area contributed by atoms with E-state index in [-0.39, 0.29) is 25.5 Å².